The minimum absolute atomic E-state index is 0.120. The van der Waals surface area contributed by atoms with Gasteiger partial charge < -0.3 is 41.2 Å². The summed E-state index contributed by atoms with van der Waals surface area (Å²) in [7, 11) is 0. The highest BCUT2D eigenvalue weighted by atomic mass is 32.2. The number of nitrogens with zero attached hydrogens (tertiary/aromatic N) is 4. The molecule has 0 bridgehead atoms. The van der Waals surface area contributed by atoms with Crippen LogP contribution in [0.5, 0.6) is 11.5 Å². The van der Waals surface area contributed by atoms with Gasteiger partial charge in [-0.2, -0.15) is 11.8 Å². The van der Waals surface area contributed by atoms with E-state index in [9.17, 15) is 19.8 Å². The van der Waals surface area contributed by atoms with Crippen LogP contribution >= 0.6 is 11.8 Å². The fourth-order valence-electron chi connectivity index (χ4n) is 4.01. The molecule has 5 atom stereocenters. The number of imidazole rings is 1. The molecule has 5 rings (SSSR count). The van der Waals surface area contributed by atoms with E-state index < -0.39 is 42.4 Å². The number of benzene rings is 1. The number of fused-ring (bicyclic) bond motifs is 2. The second kappa shape index (κ2) is 9.77. The van der Waals surface area contributed by atoms with Crippen LogP contribution in [-0.4, -0.2) is 78.4 Å². The summed E-state index contributed by atoms with van der Waals surface area (Å²) >= 11 is 1.42. The van der Waals surface area contributed by atoms with Crippen LogP contribution in [0.4, 0.5) is 5.82 Å². The number of carboxylic acid groups (broad SMARTS) is 1. The number of hydrogen-bond donors (Lipinski definition) is 5. The molecule has 1 saturated heterocycles. The number of aliphatic hydroxyl groups is 1. The van der Waals surface area contributed by atoms with Crippen molar-refractivity contribution in [1.29, 1.82) is 0 Å². The Kier molecular flexibility index (Phi) is 6.53. The summed E-state index contributed by atoms with van der Waals surface area (Å²) in [6.07, 6.45) is -1.63. The Bertz CT molecular complexity index is 1300. The van der Waals surface area contributed by atoms with Crippen molar-refractivity contribution in [2.24, 2.45) is 5.73 Å². The molecule has 0 saturated carbocycles. The van der Waals surface area contributed by atoms with Gasteiger partial charge in [0.25, 0.3) is 0 Å². The van der Waals surface area contributed by atoms with Crippen molar-refractivity contribution in [2.45, 2.75) is 36.3 Å². The molecular weight excluding hydrogens is 494 g/mol. The molecule has 2 aliphatic rings. The fourth-order valence-corrected chi connectivity index (χ4v) is 4.95. The lowest BCUT2D eigenvalue weighted by atomic mass is 10.1. The number of anilines is 1. The van der Waals surface area contributed by atoms with Crippen LogP contribution in [-0.2, 0) is 20.1 Å². The Balaban J connectivity index is 1.22. The van der Waals surface area contributed by atoms with Gasteiger partial charge in [0.05, 0.1) is 18.4 Å². The number of hydrogen-bond acceptors (Lipinski definition) is 12. The summed E-state index contributed by atoms with van der Waals surface area (Å²) < 4.78 is 17.6. The van der Waals surface area contributed by atoms with E-state index in [4.69, 9.17) is 25.7 Å². The monoisotopic (exact) mass is 517 g/mol. The van der Waals surface area contributed by atoms with Gasteiger partial charge in [-0.15, -0.1) is 0 Å². The van der Waals surface area contributed by atoms with Crippen molar-refractivity contribution in [3.05, 3.63) is 36.4 Å². The van der Waals surface area contributed by atoms with Crippen molar-refractivity contribution in [3.63, 3.8) is 0 Å². The molecule has 1 fully saturated rings. The average Bonchev–Trinajstić information content (AvgIpc) is 3.57. The first-order valence-corrected chi connectivity index (χ1v) is 12.0. The van der Waals surface area contributed by atoms with Gasteiger partial charge in [-0.1, -0.05) is 6.07 Å². The smallest absolute Gasteiger partial charge is 0.335 e. The zero-order valence-electron chi connectivity index (χ0n) is 18.7. The quantitative estimate of drug-likeness (QED) is 0.249. The zero-order valence-corrected chi connectivity index (χ0v) is 19.5. The molecule has 1 amide bonds. The van der Waals surface area contributed by atoms with Crippen molar-refractivity contribution in [2.75, 3.05) is 18.3 Å². The largest absolute Gasteiger partial charge is 0.479 e. The molecule has 2 aromatic heterocycles. The first-order valence-electron chi connectivity index (χ1n) is 10.8. The number of amides is 1. The number of ether oxygens (including phenoxy) is 3. The first kappa shape index (κ1) is 24.1. The number of carboxylic acids is 1. The first-order chi connectivity index (χ1) is 17.3. The Morgan fingerprint density at radius 1 is 1.25 bits per heavy atom. The third-order valence-electron chi connectivity index (χ3n) is 5.83. The predicted octanol–water partition coefficient (Wildman–Crippen LogP) is -0.774. The van der Waals surface area contributed by atoms with Gasteiger partial charge >= 0.3 is 5.97 Å². The molecule has 7 N–H and O–H groups in total. The van der Waals surface area contributed by atoms with Crippen molar-refractivity contribution < 1.29 is 34.0 Å². The molecule has 14 nitrogen and oxygen atoms in total. The lowest BCUT2D eigenvalue weighted by Gasteiger charge is -2.22. The van der Waals surface area contributed by atoms with Crippen molar-refractivity contribution in [3.8, 4) is 11.5 Å². The van der Waals surface area contributed by atoms with E-state index in [0.717, 1.165) is 5.56 Å². The van der Waals surface area contributed by atoms with Gasteiger partial charge in [-0.25, -0.2) is 19.7 Å². The number of aliphatic carboxylic acids is 1. The van der Waals surface area contributed by atoms with Gasteiger partial charge in [-0.3, -0.25) is 9.36 Å². The number of aromatic nitrogens is 4. The second-order valence-corrected chi connectivity index (χ2v) is 9.23. The topological polar surface area (TPSA) is 210 Å². The number of carbonyl (C=O) groups excluding carboxylic acids is 1. The number of nitrogens with two attached hydrogens (primary N) is 2. The maximum atomic E-state index is 12.8. The Labute approximate surface area is 207 Å². The lowest BCUT2D eigenvalue weighted by Crippen LogP contribution is -2.54. The highest BCUT2D eigenvalue weighted by Gasteiger charge is 2.49. The van der Waals surface area contributed by atoms with Crippen LogP contribution in [0.15, 0.2) is 30.9 Å². The van der Waals surface area contributed by atoms with Crippen molar-refractivity contribution in [1.82, 2.24) is 24.8 Å². The van der Waals surface area contributed by atoms with Gasteiger partial charge in [0.1, 0.15) is 17.9 Å². The van der Waals surface area contributed by atoms with Crippen molar-refractivity contribution >= 4 is 40.6 Å². The summed E-state index contributed by atoms with van der Waals surface area (Å²) in [6.45, 7) is 0.185. The van der Waals surface area contributed by atoms with E-state index in [-0.39, 0.29) is 29.5 Å². The van der Waals surface area contributed by atoms with Gasteiger partial charge in [0, 0.05) is 11.5 Å². The molecule has 15 heteroatoms. The zero-order chi connectivity index (χ0) is 25.4. The summed E-state index contributed by atoms with van der Waals surface area (Å²) in [4.78, 5) is 36.6. The number of thioether (sulfide) groups is 1. The van der Waals surface area contributed by atoms with E-state index in [2.05, 4.69) is 20.3 Å². The summed E-state index contributed by atoms with van der Waals surface area (Å²) in [5.41, 5.74) is 13.3. The highest BCUT2D eigenvalue weighted by Crippen LogP contribution is 2.34. The Morgan fingerprint density at radius 3 is 2.86 bits per heavy atom. The molecule has 0 radical (unpaired) electrons. The lowest BCUT2D eigenvalue weighted by molar-refractivity contribution is -0.152. The molecule has 0 spiro atoms. The van der Waals surface area contributed by atoms with E-state index in [0.29, 0.717) is 17.3 Å². The minimum atomic E-state index is -1.53. The van der Waals surface area contributed by atoms with Crippen LogP contribution in [0.3, 0.4) is 0 Å². The number of nitrogens with one attached hydrogen (secondary N) is 1. The molecule has 4 heterocycles. The van der Waals surface area contributed by atoms with Crippen LogP contribution in [0, 0.1) is 0 Å². The van der Waals surface area contributed by atoms with Gasteiger partial charge in [0.2, 0.25) is 12.7 Å². The van der Waals surface area contributed by atoms with E-state index >= 15 is 0 Å². The molecule has 190 valence electrons. The average molecular weight is 518 g/mol. The standard InChI is InChI=1S/C21H23N7O7S/c22-10(5-36-4-9-1-2-11-12(3-9)34-8-33-11)19(30)27-13-15(29)20(35-16(13)21(31)32)28-7-26-14-17(23)24-6-25-18(14)28/h1-3,6-7,10,13,15-16,20,29H,4-5,8,22H2,(H,27,30)(H,31,32)(H2,23,24,25)/t10?,13-,15+,16-,20+/m0/s1. The maximum Gasteiger partial charge on any atom is 0.335 e. The third kappa shape index (κ3) is 4.48. The SMILES string of the molecule is Nc1ncnc2c1ncn2[C@@H]1O[C@H](C(=O)O)[C@@H](NC(=O)C(N)CSCc2ccc3c(c2)OCO3)[C@H]1O. The van der Waals surface area contributed by atoms with Crippen LogP contribution < -0.4 is 26.3 Å². The maximum absolute atomic E-state index is 12.8. The Hall–Kier alpha value is -3.66. The molecule has 1 aromatic carbocycles. The van der Waals surface area contributed by atoms with Crippen LogP contribution in [0.25, 0.3) is 11.2 Å². The third-order valence-corrected chi connectivity index (χ3v) is 6.96. The number of aliphatic hydroxyl groups excluding tert-OH is 1. The highest BCUT2D eigenvalue weighted by molar-refractivity contribution is 7.98. The molecule has 0 aliphatic carbocycles. The number of nitrogen functional groups attached to an aromatic ring is 1. The molecular formula is C21H23N7O7S. The normalized spacial score (nSPS) is 23.6. The van der Waals surface area contributed by atoms with Crippen LogP contribution in [0.2, 0.25) is 0 Å². The van der Waals surface area contributed by atoms with Gasteiger partial charge in [0.15, 0.2) is 35.3 Å². The summed E-state index contributed by atoms with van der Waals surface area (Å²) in [6, 6.07) is 3.36. The minimum Gasteiger partial charge on any atom is -0.479 e. The van der Waals surface area contributed by atoms with Crippen LogP contribution in [0.1, 0.15) is 11.8 Å². The number of carbonyl (C=O) groups is 2. The Morgan fingerprint density at radius 2 is 2.06 bits per heavy atom. The fraction of sp³-hybridized carbons (Fsp3) is 0.381. The predicted molar refractivity (Wildman–Crippen MR) is 126 cm³/mol. The molecule has 2 aliphatic heterocycles. The summed E-state index contributed by atoms with van der Waals surface area (Å²) in [5, 5.41) is 23.1. The van der Waals surface area contributed by atoms with E-state index in [1.807, 2.05) is 18.2 Å². The van der Waals surface area contributed by atoms with E-state index in [1.165, 1.54) is 29.0 Å². The molecule has 36 heavy (non-hydrogen) atoms. The molecule has 3 aromatic rings. The van der Waals surface area contributed by atoms with Gasteiger partial charge in [-0.05, 0) is 17.7 Å². The second-order valence-electron chi connectivity index (χ2n) is 8.20. The summed E-state index contributed by atoms with van der Waals surface area (Å²) in [5.74, 6) is 0.331. The van der Waals surface area contributed by atoms with E-state index in [1.54, 1.807) is 0 Å². The number of rotatable bonds is 8. The molecule has 1 unspecified atom stereocenters.